The molecule has 0 atom stereocenters. The molecule has 0 unspecified atom stereocenters. The number of rotatable bonds is 2. The summed E-state index contributed by atoms with van der Waals surface area (Å²) in [6.07, 6.45) is 2.08. The van der Waals surface area contributed by atoms with Crippen LogP contribution in [0.15, 0.2) is 60.8 Å². The first-order valence-electron chi connectivity index (χ1n) is 6.95. The molecule has 1 nitrogen and oxygen atoms in total. The van der Waals surface area contributed by atoms with Gasteiger partial charge in [0.15, 0.2) is 0 Å². The Morgan fingerprint density at radius 2 is 1.40 bits per heavy atom. The predicted octanol–water partition coefficient (Wildman–Crippen LogP) is 4.98. The van der Waals surface area contributed by atoms with Crippen LogP contribution in [-0.4, -0.2) is 4.57 Å². The van der Waals surface area contributed by atoms with Gasteiger partial charge in [-0.2, -0.15) is 0 Å². The number of benzene rings is 2. The summed E-state index contributed by atoms with van der Waals surface area (Å²) in [5.41, 5.74) is 7.81. The molecule has 0 saturated carbocycles. The van der Waals surface area contributed by atoms with Crippen LogP contribution in [0.4, 0.5) is 0 Å². The van der Waals surface area contributed by atoms with Crippen LogP contribution in [0.3, 0.4) is 0 Å². The standard InChI is InChI=1S/C19H19N/c1-14-7-4-8-15(2)19(14)17-10-5-9-16(13-17)18-11-6-12-20(18)3/h4-13H,1-3H3. The largest absolute Gasteiger partial charge is 0.351 e. The van der Waals surface area contributed by atoms with Crippen molar-refractivity contribution in [2.45, 2.75) is 13.8 Å². The molecule has 0 saturated heterocycles. The Morgan fingerprint density at radius 3 is 2.05 bits per heavy atom. The van der Waals surface area contributed by atoms with Crippen LogP contribution in [-0.2, 0) is 7.05 Å². The molecule has 3 aromatic rings. The molecule has 100 valence electrons. The highest BCUT2D eigenvalue weighted by atomic mass is 14.9. The maximum atomic E-state index is 2.28. The van der Waals surface area contributed by atoms with Crippen molar-refractivity contribution in [2.75, 3.05) is 0 Å². The molecule has 0 aliphatic heterocycles. The number of nitrogens with zero attached hydrogens (tertiary/aromatic N) is 1. The predicted molar refractivity (Wildman–Crippen MR) is 85.8 cm³/mol. The average Bonchev–Trinajstić information content (AvgIpc) is 2.85. The van der Waals surface area contributed by atoms with Gasteiger partial charge in [-0.15, -0.1) is 0 Å². The van der Waals surface area contributed by atoms with Crippen molar-refractivity contribution in [3.05, 3.63) is 71.9 Å². The van der Waals surface area contributed by atoms with E-state index in [4.69, 9.17) is 0 Å². The summed E-state index contributed by atoms with van der Waals surface area (Å²) in [5.74, 6) is 0. The van der Waals surface area contributed by atoms with Crippen LogP contribution in [0.25, 0.3) is 22.4 Å². The van der Waals surface area contributed by atoms with Crippen LogP contribution in [0, 0.1) is 13.8 Å². The molecule has 1 heteroatoms. The molecule has 0 bridgehead atoms. The molecular weight excluding hydrogens is 242 g/mol. The molecule has 0 radical (unpaired) electrons. The second kappa shape index (κ2) is 5.01. The molecule has 0 fully saturated rings. The lowest BCUT2D eigenvalue weighted by atomic mass is 9.94. The summed E-state index contributed by atoms with van der Waals surface area (Å²) >= 11 is 0. The number of aromatic nitrogens is 1. The first-order valence-corrected chi connectivity index (χ1v) is 6.95. The Balaban J connectivity index is 2.15. The Hall–Kier alpha value is -2.28. The van der Waals surface area contributed by atoms with E-state index in [9.17, 15) is 0 Å². The van der Waals surface area contributed by atoms with E-state index >= 15 is 0 Å². The topological polar surface area (TPSA) is 4.93 Å². The van der Waals surface area contributed by atoms with E-state index in [1.165, 1.54) is 33.5 Å². The Kier molecular flexibility index (Phi) is 3.19. The Labute approximate surface area is 120 Å². The number of aryl methyl sites for hydroxylation is 3. The maximum Gasteiger partial charge on any atom is 0.0477 e. The molecule has 0 aliphatic rings. The molecule has 2 aromatic carbocycles. The van der Waals surface area contributed by atoms with Gasteiger partial charge in [0.25, 0.3) is 0 Å². The van der Waals surface area contributed by atoms with Gasteiger partial charge in [-0.25, -0.2) is 0 Å². The van der Waals surface area contributed by atoms with Crippen LogP contribution < -0.4 is 0 Å². The third-order valence-corrected chi connectivity index (χ3v) is 3.87. The highest BCUT2D eigenvalue weighted by Gasteiger charge is 2.07. The molecule has 0 amide bonds. The van der Waals surface area contributed by atoms with Gasteiger partial charge in [0.05, 0.1) is 0 Å². The molecule has 0 spiro atoms. The minimum Gasteiger partial charge on any atom is -0.351 e. The monoisotopic (exact) mass is 261 g/mol. The summed E-state index contributed by atoms with van der Waals surface area (Å²) in [7, 11) is 2.08. The van der Waals surface area contributed by atoms with Crippen LogP contribution in [0.5, 0.6) is 0 Å². The molecule has 0 aliphatic carbocycles. The fourth-order valence-corrected chi connectivity index (χ4v) is 2.86. The highest BCUT2D eigenvalue weighted by Crippen LogP contribution is 2.30. The van der Waals surface area contributed by atoms with Gasteiger partial charge < -0.3 is 4.57 Å². The van der Waals surface area contributed by atoms with Crippen molar-refractivity contribution in [3.63, 3.8) is 0 Å². The zero-order valence-corrected chi connectivity index (χ0v) is 12.2. The number of hydrogen-bond donors (Lipinski definition) is 0. The summed E-state index contributed by atoms with van der Waals surface area (Å²) in [4.78, 5) is 0. The van der Waals surface area contributed by atoms with E-state index < -0.39 is 0 Å². The van der Waals surface area contributed by atoms with Gasteiger partial charge in [0.1, 0.15) is 0 Å². The van der Waals surface area contributed by atoms with Gasteiger partial charge in [0, 0.05) is 18.9 Å². The second-order valence-electron chi connectivity index (χ2n) is 5.35. The number of hydrogen-bond acceptors (Lipinski definition) is 0. The van der Waals surface area contributed by atoms with Crippen molar-refractivity contribution < 1.29 is 0 Å². The minimum absolute atomic E-state index is 1.25. The smallest absolute Gasteiger partial charge is 0.0477 e. The SMILES string of the molecule is Cc1cccc(C)c1-c1cccc(-c2cccn2C)c1. The Bertz CT molecular complexity index is 730. The molecular formula is C19H19N. The quantitative estimate of drug-likeness (QED) is 0.613. The fraction of sp³-hybridized carbons (Fsp3) is 0.158. The molecule has 20 heavy (non-hydrogen) atoms. The zero-order chi connectivity index (χ0) is 14.1. The molecule has 1 aromatic heterocycles. The zero-order valence-electron chi connectivity index (χ0n) is 12.2. The average molecular weight is 261 g/mol. The van der Waals surface area contributed by atoms with Crippen molar-refractivity contribution in [3.8, 4) is 22.4 Å². The highest BCUT2D eigenvalue weighted by molar-refractivity contribution is 5.75. The summed E-state index contributed by atoms with van der Waals surface area (Å²) in [6.45, 7) is 4.36. The third-order valence-electron chi connectivity index (χ3n) is 3.87. The van der Waals surface area contributed by atoms with Crippen LogP contribution in [0.2, 0.25) is 0 Å². The summed E-state index contributed by atoms with van der Waals surface area (Å²) in [5, 5.41) is 0. The van der Waals surface area contributed by atoms with Crippen molar-refractivity contribution in [1.82, 2.24) is 4.57 Å². The molecule has 1 heterocycles. The van der Waals surface area contributed by atoms with E-state index in [0.717, 1.165) is 0 Å². The second-order valence-corrected chi connectivity index (χ2v) is 5.35. The first kappa shape index (κ1) is 12.7. The third kappa shape index (κ3) is 2.16. The van der Waals surface area contributed by atoms with Crippen LogP contribution >= 0.6 is 0 Å². The maximum absolute atomic E-state index is 2.28. The normalized spacial score (nSPS) is 10.8. The van der Waals surface area contributed by atoms with E-state index in [1.54, 1.807) is 0 Å². The van der Waals surface area contributed by atoms with Gasteiger partial charge in [-0.1, -0.05) is 36.4 Å². The molecule has 0 N–H and O–H groups in total. The first-order chi connectivity index (χ1) is 9.66. The van der Waals surface area contributed by atoms with Crippen molar-refractivity contribution >= 4 is 0 Å². The fourth-order valence-electron chi connectivity index (χ4n) is 2.86. The molecule has 3 rings (SSSR count). The van der Waals surface area contributed by atoms with E-state index in [2.05, 4.69) is 86.3 Å². The van der Waals surface area contributed by atoms with E-state index in [-0.39, 0.29) is 0 Å². The van der Waals surface area contributed by atoms with Gasteiger partial charge in [0.2, 0.25) is 0 Å². The van der Waals surface area contributed by atoms with E-state index in [0.29, 0.717) is 0 Å². The van der Waals surface area contributed by atoms with Crippen molar-refractivity contribution in [2.24, 2.45) is 7.05 Å². The Morgan fingerprint density at radius 1 is 0.750 bits per heavy atom. The van der Waals surface area contributed by atoms with Gasteiger partial charge in [-0.3, -0.25) is 0 Å². The van der Waals surface area contributed by atoms with Crippen molar-refractivity contribution in [1.29, 1.82) is 0 Å². The van der Waals surface area contributed by atoms with E-state index in [1.807, 2.05) is 0 Å². The lowest BCUT2D eigenvalue weighted by Gasteiger charge is -2.12. The lowest BCUT2D eigenvalue weighted by Crippen LogP contribution is -1.91. The van der Waals surface area contributed by atoms with Gasteiger partial charge >= 0.3 is 0 Å². The summed E-state index contributed by atoms with van der Waals surface area (Å²) in [6, 6.07) is 19.5. The van der Waals surface area contributed by atoms with Crippen LogP contribution in [0.1, 0.15) is 11.1 Å². The summed E-state index contributed by atoms with van der Waals surface area (Å²) < 4.78 is 2.16. The lowest BCUT2D eigenvalue weighted by molar-refractivity contribution is 0.937. The van der Waals surface area contributed by atoms with Gasteiger partial charge in [-0.05, 0) is 59.9 Å². The minimum atomic E-state index is 1.25.